The van der Waals surface area contributed by atoms with Gasteiger partial charge in [-0.25, -0.2) is 0 Å². The van der Waals surface area contributed by atoms with Gasteiger partial charge >= 0.3 is 0 Å². The maximum atomic E-state index is 11.6. The van der Waals surface area contributed by atoms with Crippen LogP contribution in [0.1, 0.15) is 19.8 Å². The van der Waals surface area contributed by atoms with Crippen molar-refractivity contribution in [2.75, 3.05) is 27.2 Å². The number of nitrogens with zero attached hydrogens (tertiary/aromatic N) is 2. The number of carbonyl (C=O) groups excluding carboxylic acids is 1. The molecule has 4 heteroatoms. The first-order valence-corrected chi connectivity index (χ1v) is 5.19. The minimum absolute atomic E-state index is 0.0267. The first-order chi connectivity index (χ1) is 6.56. The zero-order chi connectivity index (χ0) is 10.7. The van der Waals surface area contributed by atoms with Crippen LogP contribution in [0, 0.1) is 0 Å². The molecule has 0 spiro atoms. The third kappa shape index (κ3) is 2.45. The van der Waals surface area contributed by atoms with E-state index in [0.717, 1.165) is 19.4 Å². The number of aliphatic hydroxyl groups is 1. The van der Waals surface area contributed by atoms with Crippen LogP contribution in [0.3, 0.4) is 0 Å². The number of rotatable bonds is 4. The molecular formula is C10H20N2O2. The molecule has 0 aliphatic carbocycles. The number of hydrogen-bond acceptors (Lipinski definition) is 3. The van der Waals surface area contributed by atoms with Crippen molar-refractivity contribution in [2.24, 2.45) is 0 Å². The average molecular weight is 200 g/mol. The molecule has 4 nitrogen and oxygen atoms in total. The third-order valence-corrected chi connectivity index (χ3v) is 2.90. The number of hydrogen-bond donors (Lipinski definition) is 1. The van der Waals surface area contributed by atoms with Crippen molar-refractivity contribution in [2.45, 2.75) is 31.9 Å². The highest BCUT2D eigenvalue weighted by atomic mass is 16.3. The largest absolute Gasteiger partial charge is 0.392 e. The Morgan fingerprint density at radius 2 is 2.36 bits per heavy atom. The fourth-order valence-electron chi connectivity index (χ4n) is 1.80. The second-order valence-corrected chi connectivity index (χ2v) is 4.07. The fourth-order valence-corrected chi connectivity index (χ4v) is 1.80. The molecule has 14 heavy (non-hydrogen) atoms. The number of likely N-dealkylation sites (N-methyl/N-ethyl adjacent to an activating group) is 2. The van der Waals surface area contributed by atoms with Crippen molar-refractivity contribution < 1.29 is 9.90 Å². The van der Waals surface area contributed by atoms with E-state index in [0.29, 0.717) is 6.54 Å². The fraction of sp³-hybridized carbons (Fsp3) is 0.900. The highest BCUT2D eigenvalue weighted by molar-refractivity contribution is 5.83. The predicted molar refractivity (Wildman–Crippen MR) is 55.0 cm³/mol. The molecule has 1 saturated heterocycles. The lowest BCUT2D eigenvalue weighted by Crippen LogP contribution is -2.42. The molecule has 0 radical (unpaired) electrons. The molecule has 1 aliphatic rings. The standard InChI is InChI=1S/C10H20N2O2/c1-4-8(13)7-12(3)9-5-6-11(2)10(9)14/h8-9,13H,4-7H2,1-3H3. The van der Waals surface area contributed by atoms with E-state index in [-0.39, 0.29) is 18.1 Å². The van der Waals surface area contributed by atoms with Crippen LogP contribution < -0.4 is 0 Å². The van der Waals surface area contributed by atoms with E-state index >= 15 is 0 Å². The van der Waals surface area contributed by atoms with Gasteiger partial charge in [0.15, 0.2) is 0 Å². The van der Waals surface area contributed by atoms with Gasteiger partial charge in [0.25, 0.3) is 0 Å². The van der Waals surface area contributed by atoms with Gasteiger partial charge in [-0.15, -0.1) is 0 Å². The lowest BCUT2D eigenvalue weighted by atomic mass is 10.2. The molecule has 82 valence electrons. The summed E-state index contributed by atoms with van der Waals surface area (Å²) in [7, 11) is 3.73. The Hall–Kier alpha value is -0.610. The normalized spacial score (nSPS) is 24.8. The van der Waals surface area contributed by atoms with Crippen LogP contribution in [-0.4, -0.2) is 60.1 Å². The Morgan fingerprint density at radius 1 is 1.71 bits per heavy atom. The van der Waals surface area contributed by atoms with E-state index in [1.807, 2.05) is 25.9 Å². The van der Waals surface area contributed by atoms with E-state index in [4.69, 9.17) is 0 Å². The van der Waals surface area contributed by atoms with Crippen LogP contribution in [0.2, 0.25) is 0 Å². The molecule has 1 heterocycles. The van der Waals surface area contributed by atoms with E-state index in [1.54, 1.807) is 4.90 Å². The van der Waals surface area contributed by atoms with Gasteiger partial charge in [0, 0.05) is 20.1 Å². The summed E-state index contributed by atoms with van der Waals surface area (Å²) in [5.74, 6) is 0.177. The molecule has 1 aliphatic heterocycles. The molecule has 2 unspecified atom stereocenters. The third-order valence-electron chi connectivity index (χ3n) is 2.90. The summed E-state index contributed by atoms with van der Waals surface area (Å²) in [4.78, 5) is 15.3. The summed E-state index contributed by atoms with van der Waals surface area (Å²) < 4.78 is 0. The average Bonchev–Trinajstić information content (AvgIpc) is 2.47. The molecule has 0 aromatic carbocycles. The molecule has 0 bridgehead atoms. The van der Waals surface area contributed by atoms with Crippen LogP contribution >= 0.6 is 0 Å². The number of amides is 1. The zero-order valence-corrected chi connectivity index (χ0v) is 9.23. The lowest BCUT2D eigenvalue weighted by Gasteiger charge is -2.24. The number of likely N-dealkylation sites (tertiary alicyclic amines) is 1. The topological polar surface area (TPSA) is 43.8 Å². The Kier molecular flexibility index (Phi) is 3.89. The predicted octanol–water partition coefficient (Wildman–Crippen LogP) is -0.0802. The van der Waals surface area contributed by atoms with Crippen molar-refractivity contribution in [1.29, 1.82) is 0 Å². The molecule has 1 amide bonds. The van der Waals surface area contributed by atoms with Gasteiger partial charge in [-0.2, -0.15) is 0 Å². The minimum Gasteiger partial charge on any atom is -0.392 e. The molecule has 1 N–H and O–H groups in total. The van der Waals surface area contributed by atoms with Crippen molar-refractivity contribution in [1.82, 2.24) is 9.80 Å². The summed E-state index contributed by atoms with van der Waals surface area (Å²) in [6, 6.07) is -0.0267. The highest BCUT2D eigenvalue weighted by Gasteiger charge is 2.32. The van der Waals surface area contributed by atoms with Crippen LogP contribution in [0.5, 0.6) is 0 Å². The van der Waals surface area contributed by atoms with E-state index in [1.165, 1.54) is 0 Å². The van der Waals surface area contributed by atoms with Gasteiger partial charge in [0.2, 0.25) is 5.91 Å². The highest BCUT2D eigenvalue weighted by Crippen LogP contribution is 2.14. The maximum absolute atomic E-state index is 11.6. The second-order valence-electron chi connectivity index (χ2n) is 4.07. The Labute approximate surface area is 85.5 Å². The van der Waals surface area contributed by atoms with Gasteiger partial charge < -0.3 is 10.0 Å². The van der Waals surface area contributed by atoms with Crippen LogP contribution in [-0.2, 0) is 4.79 Å². The Balaban J connectivity index is 2.45. The van der Waals surface area contributed by atoms with E-state index in [9.17, 15) is 9.90 Å². The zero-order valence-electron chi connectivity index (χ0n) is 9.23. The SMILES string of the molecule is CCC(O)CN(C)C1CCN(C)C1=O. The molecule has 0 aromatic rings. The van der Waals surface area contributed by atoms with Crippen LogP contribution in [0.15, 0.2) is 0 Å². The number of carbonyl (C=O) groups is 1. The first kappa shape index (κ1) is 11.5. The van der Waals surface area contributed by atoms with E-state index in [2.05, 4.69) is 0 Å². The maximum Gasteiger partial charge on any atom is 0.239 e. The first-order valence-electron chi connectivity index (χ1n) is 5.19. The van der Waals surface area contributed by atoms with Crippen molar-refractivity contribution in [3.63, 3.8) is 0 Å². The van der Waals surface area contributed by atoms with Gasteiger partial charge in [-0.05, 0) is 19.9 Å². The summed E-state index contributed by atoms with van der Waals surface area (Å²) in [5.41, 5.74) is 0. The summed E-state index contributed by atoms with van der Waals surface area (Å²) >= 11 is 0. The van der Waals surface area contributed by atoms with Crippen molar-refractivity contribution in [3.8, 4) is 0 Å². The molecule has 0 aromatic heterocycles. The quantitative estimate of drug-likeness (QED) is 0.690. The van der Waals surface area contributed by atoms with Crippen LogP contribution in [0.4, 0.5) is 0 Å². The molecule has 1 fully saturated rings. The van der Waals surface area contributed by atoms with Crippen LogP contribution in [0.25, 0.3) is 0 Å². The summed E-state index contributed by atoms with van der Waals surface area (Å²) in [6.07, 6.45) is 1.29. The van der Waals surface area contributed by atoms with Gasteiger partial charge in [-0.3, -0.25) is 9.69 Å². The van der Waals surface area contributed by atoms with E-state index < -0.39 is 0 Å². The Bertz CT molecular complexity index is 208. The summed E-state index contributed by atoms with van der Waals surface area (Å²) in [5, 5.41) is 9.47. The lowest BCUT2D eigenvalue weighted by molar-refractivity contribution is -0.130. The molecule has 2 atom stereocenters. The smallest absolute Gasteiger partial charge is 0.239 e. The second kappa shape index (κ2) is 4.75. The molecule has 0 saturated carbocycles. The molecule has 1 rings (SSSR count). The Morgan fingerprint density at radius 3 is 2.79 bits per heavy atom. The minimum atomic E-state index is -0.321. The van der Waals surface area contributed by atoms with Gasteiger partial charge in [0.1, 0.15) is 0 Å². The van der Waals surface area contributed by atoms with Gasteiger partial charge in [0.05, 0.1) is 12.1 Å². The van der Waals surface area contributed by atoms with Gasteiger partial charge in [-0.1, -0.05) is 6.92 Å². The van der Waals surface area contributed by atoms with Crippen molar-refractivity contribution in [3.05, 3.63) is 0 Å². The summed E-state index contributed by atoms with van der Waals surface area (Å²) in [6.45, 7) is 3.36. The monoisotopic (exact) mass is 200 g/mol. The van der Waals surface area contributed by atoms with Crippen molar-refractivity contribution >= 4 is 5.91 Å². The number of aliphatic hydroxyl groups excluding tert-OH is 1. The molecular weight excluding hydrogens is 180 g/mol.